The maximum atomic E-state index is 13.7. The molecule has 1 N–H and O–H groups in total. The molecule has 14 heteroatoms. The second kappa shape index (κ2) is 15.2. The Morgan fingerprint density at radius 3 is 2.00 bits per heavy atom. The molecular formula is C46H49ClN8O5. The first-order chi connectivity index (χ1) is 29.1. The van der Waals surface area contributed by atoms with E-state index in [1.165, 1.54) is 5.69 Å². The molecule has 310 valence electrons. The van der Waals surface area contributed by atoms with E-state index in [0.29, 0.717) is 45.1 Å². The van der Waals surface area contributed by atoms with Crippen LogP contribution >= 0.6 is 11.6 Å². The third-order valence-corrected chi connectivity index (χ3v) is 15.0. The van der Waals surface area contributed by atoms with Gasteiger partial charge in [-0.15, -0.1) is 0 Å². The van der Waals surface area contributed by atoms with Gasteiger partial charge in [-0.1, -0.05) is 17.7 Å². The number of amides is 5. The van der Waals surface area contributed by atoms with Gasteiger partial charge in [0.1, 0.15) is 6.04 Å². The predicted molar refractivity (Wildman–Crippen MR) is 228 cm³/mol. The number of piperidine rings is 3. The SMILES string of the molecule is [C-]#[N+]c1ccc(N2CCC3(CCN(c4ccc(C(=O)N5CC6CN(C7CCN(c8ccc9c(c8)C(=O)N(C8CCC(=O)NC8=O)C9=O)CC7)CC6C5)cc4)CC3)C2)cc1Cl. The van der Waals surface area contributed by atoms with Gasteiger partial charge in [0.05, 0.1) is 17.7 Å². The first-order valence-electron chi connectivity index (χ1n) is 21.5. The van der Waals surface area contributed by atoms with Crippen molar-refractivity contribution in [3.8, 4) is 0 Å². The molecule has 0 aromatic heterocycles. The maximum absolute atomic E-state index is 13.7. The summed E-state index contributed by atoms with van der Waals surface area (Å²) in [6.45, 7) is 16.5. The maximum Gasteiger partial charge on any atom is 0.262 e. The number of hydrogen-bond donors (Lipinski definition) is 1. The zero-order valence-corrected chi connectivity index (χ0v) is 34.4. The van der Waals surface area contributed by atoms with Gasteiger partial charge in [0, 0.05) is 106 Å². The van der Waals surface area contributed by atoms with Crippen LogP contribution in [0.2, 0.25) is 5.02 Å². The lowest BCUT2D eigenvalue weighted by molar-refractivity contribution is -0.136. The number of imide groups is 2. The summed E-state index contributed by atoms with van der Waals surface area (Å²) in [5.74, 6) is -0.886. The average molecular weight is 829 g/mol. The Labute approximate surface area is 355 Å². The quantitative estimate of drug-likeness (QED) is 0.255. The molecule has 3 aromatic rings. The van der Waals surface area contributed by atoms with Crippen molar-refractivity contribution < 1.29 is 24.0 Å². The fraction of sp³-hybridized carbons (Fsp3) is 0.478. The third-order valence-electron chi connectivity index (χ3n) is 14.7. The molecular weight excluding hydrogens is 780 g/mol. The van der Waals surface area contributed by atoms with Gasteiger partial charge >= 0.3 is 0 Å². The molecule has 6 saturated heterocycles. The molecule has 3 atom stereocenters. The van der Waals surface area contributed by atoms with Crippen LogP contribution in [-0.2, 0) is 9.59 Å². The number of hydrogen-bond acceptors (Lipinski definition) is 9. The van der Waals surface area contributed by atoms with Gasteiger partial charge in [-0.05, 0) is 110 Å². The highest BCUT2D eigenvalue weighted by atomic mass is 35.5. The summed E-state index contributed by atoms with van der Waals surface area (Å²) in [6.07, 6.45) is 5.63. The van der Waals surface area contributed by atoms with E-state index in [-0.39, 0.29) is 24.7 Å². The van der Waals surface area contributed by atoms with E-state index in [4.69, 9.17) is 18.2 Å². The van der Waals surface area contributed by atoms with Gasteiger partial charge in [-0.3, -0.25) is 39.1 Å². The largest absolute Gasteiger partial charge is 0.371 e. The molecule has 3 aromatic carbocycles. The molecule has 0 saturated carbocycles. The van der Waals surface area contributed by atoms with Crippen molar-refractivity contribution in [3.63, 3.8) is 0 Å². The molecule has 3 unspecified atom stereocenters. The monoisotopic (exact) mass is 828 g/mol. The molecule has 0 bridgehead atoms. The number of rotatable bonds is 6. The van der Waals surface area contributed by atoms with Crippen LogP contribution in [0.3, 0.4) is 0 Å². The summed E-state index contributed by atoms with van der Waals surface area (Å²) in [5.41, 5.74) is 5.33. The molecule has 13 nitrogen and oxygen atoms in total. The van der Waals surface area contributed by atoms with Gasteiger partial charge in [-0.25, -0.2) is 4.85 Å². The average Bonchev–Trinajstić information content (AvgIpc) is 4.03. The number of nitrogens with zero attached hydrogens (tertiary/aromatic N) is 7. The molecule has 60 heavy (non-hydrogen) atoms. The second-order valence-corrected chi connectivity index (χ2v) is 18.4. The Hall–Kier alpha value is -5.45. The molecule has 7 aliphatic heterocycles. The van der Waals surface area contributed by atoms with Gasteiger partial charge in [-0.2, -0.15) is 0 Å². The topological polar surface area (TPSA) is 121 Å². The Kier molecular flexibility index (Phi) is 9.83. The zero-order chi connectivity index (χ0) is 41.3. The Morgan fingerprint density at radius 2 is 1.33 bits per heavy atom. The third kappa shape index (κ3) is 6.87. The molecule has 10 rings (SSSR count). The van der Waals surface area contributed by atoms with E-state index < -0.39 is 23.8 Å². The highest BCUT2D eigenvalue weighted by molar-refractivity contribution is 6.33. The van der Waals surface area contributed by atoms with E-state index in [1.54, 1.807) is 12.1 Å². The molecule has 0 aliphatic carbocycles. The Balaban J connectivity index is 0.684. The van der Waals surface area contributed by atoms with Gasteiger partial charge in [0.15, 0.2) is 0 Å². The molecule has 7 heterocycles. The van der Waals surface area contributed by atoms with Crippen molar-refractivity contribution in [1.29, 1.82) is 0 Å². The molecule has 6 fully saturated rings. The van der Waals surface area contributed by atoms with Crippen LogP contribution in [0.4, 0.5) is 22.7 Å². The summed E-state index contributed by atoms with van der Waals surface area (Å²) in [5, 5.41) is 2.77. The minimum atomic E-state index is -0.971. The second-order valence-electron chi connectivity index (χ2n) is 18.0. The molecule has 0 radical (unpaired) electrons. The van der Waals surface area contributed by atoms with Crippen molar-refractivity contribution in [2.75, 3.05) is 80.1 Å². The smallest absolute Gasteiger partial charge is 0.262 e. The summed E-state index contributed by atoms with van der Waals surface area (Å²) >= 11 is 6.35. The van der Waals surface area contributed by atoms with Crippen LogP contribution in [-0.4, -0.2) is 122 Å². The Bertz CT molecular complexity index is 2300. The number of anilines is 3. The van der Waals surface area contributed by atoms with E-state index >= 15 is 0 Å². The van der Waals surface area contributed by atoms with Crippen LogP contribution in [0.5, 0.6) is 0 Å². The zero-order valence-electron chi connectivity index (χ0n) is 33.7. The van der Waals surface area contributed by atoms with E-state index in [0.717, 1.165) is 119 Å². The van der Waals surface area contributed by atoms with Crippen LogP contribution in [0.1, 0.15) is 76.0 Å². The first kappa shape index (κ1) is 38.7. The fourth-order valence-electron chi connectivity index (χ4n) is 11.2. The number of likely N-dealkylation sites (tertiary alicyclic amines) is 2. The van der Waals surface area contributed by atoms with Gasteiger partial charge in [0.25, 0.3) is 17.7 Å². The minimum absolute atomic E-state index is 0.0941. The normalized spacial score (nSPS) is 25.6. The first-order valence-corrected chi connectivity index (χ1v) is 21.9. The van der Waals surface area contributed by atoms with E-state index in [2.05, 4.69) is 46.8 Å². The lowest BCUT2D eigenvalue weighted by atomic mass is 9.77. The Morgan fingerprint density at radius 1 is 0.717 bits per heavy atom. The lowest BCUT2D eigenvalue weighted by Gasteiger charge is -2.40. The van der Waals surface area contributed by atoms with Gasteiger partial charge < -0.3 is 19.6 Å². The highest BCUT2D eigenvalue weighted by Gasteiger charge is 2.46. The van der Waals surface area contributed by atoms with Crippen molar-refractivity contribution in [1.82, 2.24) is 20.0 Å². The number of halogens is 1. The summed E-state index contributed by atoms with van der Waals surface area (Å²) < 4.78 is 0. The lowest BCUT2D eigenvalue weighted by Crippen LogP contribution is -2.54. The van der Waals surface area contributed by atoms with Crippen molar-refractivity contribution in [3.05, 3.63) is 93.8 Å². The number of benzene rings is 3. The van der Waals surface area contributed by atoms with Crippen molar-refractivity contribution in [2.45, 2.75) is 57.0 Å². The summed E-state index contributed by atoms with van der Waals surface area (Å²) in [6, 6.07) is 18.9. The predicted octanol–water partition coefficient (Wildman–Crippen LogP) is 5.46. The summed E-state index contributed by atoms with van der Waals surface area (Å²) in [7, 11) is 0. The van der Waals surface area contributed by atoms with E-state index in [1.807, 2.05) is 36.4 Å². The number of nitrogens with one attached hydrogen (secondary N) is 1. The molecule has 5 amide bonds. The van der Waals surface area contributed by atoms with Crippen molar-refractivity contribution in [2.24, 2.45) is 17.3 Å². The fourth-order valence-corrected chi connectivity index (χ4v) is 11.4. The standard InChI is InChI=1S/C46H49ClN8O5/c1-48-39-9-7-35(23-38(39)47)52-21-16-46(28-52)14-19-51(20-15-46)32-4-2-29(3-5-32)43(58)54-26-30-24-53(25-31(30)27-54)33-12-17-50(18-13-33)34-6-8-36-37(22-34)45(60)55(44(36)59)40-10-11-41(56)49-42(40)57/h2-9,22-23,30-31,33,40H,10-21,24-28H2,(H,49,56,57). The van der Waals surface area contributed by atoms with Crippen LogP contribution in [0, 0.1) is 23.8 Å². The number of fused-ring (bicyclic) bond motifs is 2. The number of carbonyl (C=O) groups excluding carboxylic acids is 5. The van der Waals surface area contributed by atoms with Crippen LogP contribution in [0.25, 0.3) is 4.85 Å². The number of carbonyl (C=O) groups is 5. The molecule has 7 aliphatic rings. The van der Waals surface area contributed by atoms with Gasteiger partial charge in [0.2, 0.25) is 17.5 Å². The summed E-state index contributed by atoms with van der Waals surface area (Å²) in [4.78, 5) is 80.7. The van der Waals surface area contributed by atoms with Crippen LogP contribution < -0.4 is 20.0 Å². The van der Waals surface area contributed by atoms with E-state index in [9.17, 15) is 24.0 Å². The van der Waals surface area contributed by atoms with Crippen molar-refractivity contribution >= 4 is 63.9 Å². The molecule has 1 spiro atoms. The minimum Gasteiger partial charge on any atom is -0.371 e. The van der Waals surface area contributed by atoms with Crippen LogP contribution in [0.15, 0.2) is 60.7 Å². The highest BCUT2D eigenvalue weighted by Crippen LogP contribution is 2.44.